The van der Waals surface area contributed by atoms with E-state index >= 15 is 0 Å². The van der Waals surface area contributed by atoms with E-state index in [1.807, 2.05) is 0 Å². The number of ether oxygens (including phenoxy) is 1. The zero-order valence-corrected chi connectivity index (χ0v) is 15.0. The molecule has 0 aromatic heterocycles. The molecule has 2 rings (SSSR count). The average molecular weight is 365 g/mol. The molecule has 7 heteroatoms. The summed E-state index contributed by atoms with van der Waals surface area (Å²) in [6, 6.07) is 3.86. The number of Topliss-reactive ketones (excluding diaryl/α,β-unsaturated/α-hetero) is 1. The Labute approximate surface area is 151 Å². The Bertz CT molecular complexity index is 695. The maximum Gasteiger partial charge on any atom is 0.329 e. The van der Waals surface area contributed by atoms with Gasteiger partial charge in [-0.25, -0.2) is 9.18 Å². The monoisotopic (exact) mass is 365 g/mol. The lowest BCUT2D eigenvalue weighted by Crippen LogP contribution is -2.56. The van der Waals surface area contributed by atoms with Crippen LogP contribution >= 0.6 is 0 Å². The number of carboxylic acids is 1. The minimum absolute atomic E-state index is 0.0363. The Morgan fingerprint density at radius 1 is 1.27 bits per heavy atom. The fourth-order valence-electron chi connectivity index (χ4n) is 3.19. The lowest BCUT2D eigenvalue weighted by atomic mass is 9.77. The largest absolute Gasteiger partial charge is 0.494 e. The maximum atomic E-state index is 13.7. The SMILES string of the molecule is COc1ccc(C(=O)CCC(=O)NC2(C(=O)O)CCC(C)CC2)cc1F. The maximum absolute atomic E-state index is 13.7. The third-order valence-corrected chi connectivity index (χ3v) is 4.97. The molecule has 0 aliphatic heterocycles. The molecule has 0 bridgehead atoms. The van der Waals surface area contributed by atoms with Gasteiger partial charge in [-0.3, -0.25) is 9.59 Å². The van der Waals surface area contributed by atoms with Crippen molar-refractivity contribution in [1.29, 1.82) is 0 Å². The smallest absolute Gasteiger partial charge is 0.329 e. The summed E-state index contributed by atoms with van der Waals surface area (Å²) < 4.78 is 18.5. The van der Waals surface area contributed by atoms with Crippen molar-refractivity contribution < 1.29 is 28.6 Å². The number of amides is 1. The first kappa shape index (κ1) is 19.9. The Morgan fingerprint density at radius 3 is 2.46 bits per heavy atom. The van der Waals surface area contributed by atoms with Gasteiger partial charge in [0, 0.05) is 18.4 Å². The van der Waals surface area contributed by atoms with Gasteiger partial charge in [0.1, 0.15) is 5.54 Å². The van der Waals surface area contributed by atoms with Crippen molar-refractivity contribution in [3.05, 3.63) is 29.6 Å². The summed E-state index contributed by atoms with van der Waals surface area (Å²) in [5.74, 6) is -2.09. The van der Waals surface area contributed by atoms with E-state index in [2.05, 4.69) is 12.2 Å². The van der Waals surface area contributed by atoms with Crippen molar-refractivity contribution in [1.82, 2.24) is 5.32 Å². The minimum atomic E-state index is -1.25. The number of hydrogen-bond acceptors (Lipinski definition) is 4. The van der Waals surface area contributed by atoms with Crippen LogP contribution in [0.1, 0.15) is 55.8 Å². The predicted molar refractivity (Wildman–Crippen MR) is 92.7 cm³/mol. The van der Waals surface area contributed by atoms with E-state index in [-0.39, 0.29) is 29.9 Å². The van der Waals surface area contributed by atoms with Crippen LogP contribution in [0.4, 0.5) is 4.39 Å². The molecule has 0 heterocycles. The highest BCUT2D eigenvalue weighted by atomic mass is 19.1. The van der Waals surface area contributed by atoms with Crippen molar-refractivity contribution in [2.75, 3.05) is 7.11 Å². The fraction of sp³-hybridized carbons (Fsp3) is 0.526. The molecule has 1 aromatic carbocycles. The number of carbonyl (C=O) groups excluding carboxylic acids is 2. The molecular weight excluding hydrogens is 341 g/mol. The molecule has 1 amide bonds. The van der Waals surface area contributed by atoms with Gasteiger partial charge in [0.2, 0.25) is 5.91 Å². The van der Waals surface area contributed by atoms with Crippen LogP contribution in [0.15, 0.2) is 18.2 Å². The third kappa shape index (κ3) is 4.59. The quantitative estimate of drug-likeness (QED) is 0.725. The second-order valence-electron chi connectivity index (χ2n) is 6.89. The van der Waals surface area contributed by atoms with Gasteiger partial charge >= 0.3 is 5.97 Å². The van der Waals surface area contributed by atoms with E-state index in [1.54, 1.807) is 0 Å². The van der Waals surface area contributed by atoms with Crippen LogP contribution in [0, 0.1) is 11.7 Å². The molecule has 0 spiro atoms. The fourth-order valence-corrected chi connectivity index (χ4v) is 3.19. The number of aliphatic carboxylic acids is 1. The van der Waals surface area contributed by atoms with Gasteiger partial charge in [0.25, 0.3) is 0 Å². The summed E-state index contributed by atoms with van der Waals surface area (Å²) in [7, 11) is 1.33. The standard InChI is InChI=1S/C19H24FNO5/c1-12-7-9-19(10-8-12,18(24)25)21-17(23)6-4-15(22)13-3-5-16(26-2)14(20)11-13/h3,5,11-12H,4,6-10H2,1-2H3,(H,21,23)(H,24,25). The number of nitrogens with one attached hydrogen (secondary N) is 1. The molecule has 1 fully saturated rings. The van der Waals surface area contributed by atoms with Crippen LogP contribution in [-0.4, -0.2) is 35.4 Å². The van der Waals surface area contributed by atoms with E-state index in [9.17, 15) is 23.9 Å². The normalized spacial score (nSPS) is 22.5. The van der Waals surface area contributed by atoms with Gasteiger partial charge in [0.15, 0.2) is 17.3 Å². The van der Waals surface area contributed by atoms with Crippen molar-refractivity contribution >= 4 is 17.7 Å². The van der Waals surface area contributed by atoms with Crippen molar-refractivity contribution in [2.45, 2.75) is 51.0 Å². The molecule has 26 heavy (non-hydrogen) atoms. The first-order valence-corrected chi connectivity index (χ1v) is 8.68. The predicted octanol–water partition coefficient (Wildman–Crippen LogP) is 2.95. The second kappa shape index (κ2) is 8.29. The molecule has 1 saturated carbocycles. The molecule has 0 atom stereocenters. The number of carbonyl (C=O) groups is 3. The van der Waals surface area contributed by atoms with Gasteiger partial charge in [-0.15, -0.1) is 0 Å². The van der Waals surface area contributed by atoms with Crippen molar-refractivity contribution in [3.8, 4) is 5.75 Å². The van der Waals surface area contributed by atoms with Gasteiger partial charge in [-0.2, -0.15) is 0 Å². The number of methoxy groups -OCH3 is 1. The highest BCUT2D eigenvalue weighted by Crippen LogP contribution is 2.32. The number of ketones is 1. The Balaban J connectivity index is 1.94. The molecule has 1 aliphatic carbocycles. The molecule has 1 aliphatic rings. The summed E-state index contributed by atoms with van der Waals surface area (Å²) in [5, 5.41) is 12.1. The summed E-state index contributed by atoms with van der Waals surface area (Å²) in [6.45, 7) is 2.06. The van der Waals surface area contributed by atoms with Crippen LogP contribution in [0.2, 0.25) is 0 Å². The molecule has 2 N–H and O–H groups in total. The Hall–Kier alpha value is -2.44. The number of hydrogen-bond donors (Lipinski definition) is 2. The van der Waals surface area contributed by atoms with Crippen LogP contribution in [0.5, 0.6) is 5.75 Å². The van der Waals surface area contributed by atoms with Crippen LogP contribution in [0.25, 0.3) is 0 Å². The zero-order chi connectivity index (χ0) is 19.3. The van der Waals surface area contributed by atoms with Gasteiger partial charge in [0.05, 0.1) is 7.11 Å². The van der Waals surface area contributed by atoms with Crippen molar-refractivity contribution in [3.63, 3.8) is 0 Å². The van der Waals surface area contributed by atoms with E-state index in [0.717, 1.165) is 18.9 Å². The molecule has 1 aromatic rings. The summed E-state index contributed by atoms with van der Waals surface area (Å²) in [5.41, 5.74) is -1.10. The van der Waals surface area contributed by atoms with Gasteiger partial charge in [-0.05, 0) is 49.8 Å². The van der Waals surface area contributed by atoms with E-state index in [1.165, 1.54) is 19.2 Å². The Kier molecular flexibility index (Phi) is 6.34. The van der Waals surface area contributed by atoms with E-state index < -0.39 is 23.2 Å². The highest BCUT2D eigenvalue weighted by molar-refractivity contribution is 5.98. The molecule has 142 valence electrons. The zero-order valence-electron chi connectivity index (χ0n) is 15.0. The highest BCUT2D eigenvalue weighted by Gasteiger charge is 2.42. The van der Waals surface area contributed by atoms with Gasteiger partial charge in [-0.1, -0.05) is 6.92 Å². The molecule has 0 radical (unpaired) electrons. The number of carboxylic acid groups (broad SMARTS) is 1. The summed E-state index contributed by atoms with van der Waals surface area (Å²) >= 11 is 0. The Morgan fingerprint density at radius 2 is 1.92 bits per heavy atom. The molecule has 0 unspecified atom stereocenters. The summed E-state index contributed by atoms with van der Waals surface area (Å²) in [6.07, 6.45) is 1.97. The van der Waals surface area contributed by atoms with E-state index in [0.29, 0.717) is 18.8 Å². The lowest BCUT2D eigenvalue weighted by Gasteiger charge is -2.36. The summed E-state index contributed by atoms with van der Waals surface area (Å²) in [4.78, 5) is 36.0. The molecule has 6 nitrogen and oxygen atoms in total. The first-order chi connectivity index (χ1) is 12.3. The van der Waals surface area contributed by atoms with Crippen LogP contribution in [0.3, 0.4) is 0 Å². The molecular formula is C19H24FNO5. The first-order valence-electron chi connectivity index (χ1n) is 8.68. The van der Waals surface area contributed by atoms with E-state index in [4.69, 9.17) is 4.74 Å². The molecule has 0 saturated heterocycles. The third-order valence-electron chi connectivity index (χ3n) is 4.97. The number of benzene rings is 1. The van der Waals surface area contributed by atoms with Crippen LogP contribution < -0.4 is 10.1 Å². The number of halogens is 1. The van der Waals surface area contributed by atoms with Gasteiger partial charge < -0.3 is 15.2 Å². The topological polar surface area (TPSA) is 92.7 Å². The van der Waals surface area contributed by atoms with Crippen molar-refractivity contribution in [2.24, 2.45) is 5.92 Å². The number of rotatable bonds is 7. The van der Waals surface area contributed by atoms with Crippen LogP contribution in [-0.2, 0) is 9.59 Å². The average Bonchev–Trinajstić information content (AvgIpc) is 2.61. The minimum Gasteiger partial charge on any atom is -0.494 e. The lowest BCUT2D eigenvalue weighted by molar-refractivity contribution is -0.149. The second-order valence-corrected chi connectivity index (χ2v) is 6.89.